The lowest BCUT2D eigenvalue weighted by molar-refractivity contribution is -0.137. The topological polar surface area (TPSA) is 139 Å². The molecule has 0 saturated carbocycles. The van der Waals surface area contributed by atoms with Crippen LogP contribution in [-0.4, -0.2) is 44.0 Å². The van der Waals surface area contributed by atoms with Gasteiger partial charge >= 0.3 is 5.97 Å². The van der Waals surface area contributed by atoms with Crippen molar-refractivity contribution in [2.75, 3.05) is 30.9 Å². The summed E-state index contributed by atoms with van der Waals surface area (Å²) < 4.78 is 34.0. The normalized spacial score (nSPS) is 15.8. The zero-order valence-electron chi connectivity index (χ0n) is 21.1. The fourth-order valence-corrected chi connectivity index (χ4v) is 6.26. The third kappa shape index (κ3) is 5.27. The van der Waals surface area contributed by atoms with Gasteiger partial charge in [0.15, 0.2) is 0 Å². The number of nitrogens with zero attached hydrogens (tertiary/aromatic N) is 2. The molecule has 4 rings (SSSR count). The van der Waals surface area contributed by atoms with Crippen LogP contribution in [-0.2, 0) is 21.4 Å². The second-order valence-corrected chi connectivity index (χ2v) is 11.2. The Morgan fingerprint density at radius 2 is 1.89 bits per heavy atom. The first-order valence-electron chi connectivity index (χ1n) is 11.9. The first-order valence-corrected chi connectivity index (χ1v) is 13.3. The number of nitrogen functional groups attached to an aromatic ring is 1. The summed E-state index contributed by atoms with van der Waals surface area (Å²) in [5.41, 5.74) is 11.5. The van der Waals surface area contributed by atoms with Crippen LogP contribution in [0.25, 0.3) is 0 Å². The largest absolute Gasteiger partial charge is 0.491 e. The van der Waals surface area contributed by atoms with Crippen molar-refractivity contribution in [3.05, 3.63) is 82.4 Å². The predicted octanol–water partition coefficient (Wildman–Crippen LogP) is 3.39. The molecule has 0 saturated heterocycles. The molecule has 9 nitrogen and oxygen atoms in total. The number of aliphatic carboxylic acids is 1. The molecule has 1 atom stereocenters. The van der Waals surface area contributed by atoms with Crippen molar-refractivity contribution in [1.29, 1.82) is 0 Å². The van der Waals surface area contributed by atoms with Crippen LogP contribution in [0.2, 0.25) is 0 Å². The summed E-state index contributed by atoms with van der Waals surface area (Å²) in [5.74, 6) is 4.80. The van der Waals surface area contributed by atoms with Crippen molar-refractivity contribution in [2.24, 2.45) is 5.84 Å². The number of benzene rings is 3. The van der Waals surface area contributed by atoms with Crippen molar-refractivity contribution in [3.8, 4) is 5.75 Å². The zero-order valence-corrected chi connectivity index (χ0v) is 22.0. The number of hydrogen-bond donors (Lipinski definition) is 3. The van der Waals surface area contributed by atoms with E-state index in [1.165, 1.54) is 9.31 Å². The Bertz CT molecular complexity index is 1440. The number of hydrogen-bond acceptors (Lipinski definition) is 7. The van der Waals surface area contributed by atoms with Gasteiger partial charge in [0.2, 0.25) is 10.0 Å². The van der Waals surface area contributed by atoms with E-state index in [0.29, 0.717) is 17.1 Å². The van der Waals surface area contributed by atoms with Crippen molar-refractivity contribution >= 4 is 27.4 Å². The Morgan fingerprint density at radius 3 is 2.59 bits per heavy atom. The van der Waals surface area contributed by atoms with Gasteiger partial charge in [-0.3, -0.25) is 4.79 Å². The third-order valence-electron chi connectivity index (χ3n) is 6.86. The number of ether oxygens (including phenoxy) is 1. The van der Waals surface area contributed by atoms with Gasteiger partial charge in [0, 0.05) is 26.1 Å². The molecule has 0 radical (unpaired) electrons. The molecule has 0 amide bonds. The molecule has 0 spiro atoms. The van der Waals surface area contributed by atoms with Crippen LogP contribution >= 0.6 is 0 Å². The minimum Gasteiger partial charge on any atom is -0.491 e. The average molecular weight is 525 g/mol. The molecule has 1 unspecified atom stereocenters. The van der Waals surface area contributed by atoms with E-state index in [1.807, 2.05) is 38.1 Å². The Morgan fingerprint density at radius 1 is 1.16 bits per heavy atom. The summed E-state index contributed by atoms with van der Waals surface area (Å²) in [5, 5.41) is 11.1. The maximum absolute atomic E-state index is 13.4. The molecule has 1 aliphatic heterocycles. The van der Waals surface area contributed by atoms with Crippen LogP contribution in [0.5, 0.6) is 5.75 Å². The predicted molar refractivity (Wildman–Crippen MR) is 143 cm³/mol. The van der Waals surface area contributed by atoms with Gasteiger partial charge in [-0.25, -0.2) is 14.3 Å². The van der Waals surface area contributed by atoms with Gasteiger partial charge in [0.05, 0.1) is 17.8 Å². The lowest BCUT2D eigenvalue weighted by Gasteiger charge is -2.25. The molecular formula is C27H32N4O5S. The van der Waals surface area contributed by atoms with Gasteiger partial charge in [0.1, 0.15) is 17.3 Å². The van der Waals surface area contributed by atoms with Crippen LogP contribution in [0.15, 0.2) is 59.5 Å². The van der Waals surface area contributed by atoms with Gasteiger partial charge in [-0.1, -0.05) is 36.4 Å². The van der Waals surface area contributed by atoms with Gasteiger partial charge in [-0.15, -0.1) is 0 Å². The highest BCUT2D eigenvalue weighted by atomic mass is 32.2. The number of anilines is 2. The van der Waals surface area contributed by atoms with E-state index in [-0.39, 0.29) is 31.0 Å². The minimum atomic E-state index is -3.78. The summed E-state index contributed by atoms with van der Waals surface area (Å²) in [4.78, 5) is 12.0. The summed E-state index contributed by atoms with van der Waals surface area (Å²) >= 11 is 0. The molecule has 3 aromatic rings. The first kappa shape index (κ1) is 26.5. The van der Waals surface area contributed by atoms with Crippen LogP contribution < -0.4 is 21.3 Å². The average Bonchev–Trinajstić information content (AvgIpc) is 2.96. The smallest absolute Gasteiger partial charge is 0.304 e. The number of carboxylic acid groups (broad SMARTS) is 1. The second kappa shape index (κ2) is 10.4. The highest BCUT2D eigenvalue weighted by molar-refractivity contribution is 7.89. The van der Waals surface area contributed by atoms with E-state index in [1.54, 1.807) is 37.4 Å². The number of fused-ring (bicyclic) bond motifs is 1. The number of aryl methyl sites for hydroxylation is 1. The number of carbonyl (C=O) groups is 1. The Hall–Kier alpha value is -3.60. The number of carboxylic acids is 1. The number of para-hydroxylation sites is 1. The van der Waals surface area contributed by atoms with E-state index < -0.39 is 21.9 Å². The van der Waals surface area contributed by atoms with E-state index in [0.717, 1.165) is 27.8 Å². The molecule has 37 heavy (non-hydrogen) atoms. The van der Waals surface area contributed by atoms with Crippen molar-refractivity contribution in [1.82, 2.24) is 4.31 Å². The fourth-order valence-electron chi connectivity index (χ4n) is 4.73. The first-order chi connectivity index (χ1) is 17.5. The molecule has 0 aliphatic carbocycles. The van der Waals surface area contributed by atoms with Crippen molar-refractivity contribution < 1.29 is 23.1 Å². The maximum atomic E-state index is 13.4. The Kier molecular flexibility index (Phi) is 7.44. The molecule has 10 heteroatoms. The quantitative estimate of drug-likeness (QED) is 0.243. The highest BCUT2D eigenvalue weighted by Crippen LogP contribution is 2.37. The molecule has 1 heterocycles. The number of rotatable bonds is 7. The second-order valence-electron chi connectivity index (χ2n) is 9.29. The number of nitrogens with two attached hydrogens (primary N) is 2. The molecule has 5 N–H and O–H groups in total. The minimum absolute atomic E-state index is 0.136. The van der Waals surface area contributed by atoms with E-state index in [2.05, 4.69) is 0 Å². The monoisotopic (exact) mass is 524 g/mol. The molecule has 1 aliphatic rings. The SMILES string of the molecule is Cc1ccc(C(CC(=O)O)c2ccc(N(C)N)c(N)c2C)cc1CN1CCOc2ccccc2S1(=O)=O. The van der Waals surface area contributed by atoms with E-state index >= 15 is 0 Å². The Balaban J connectivity index is 1.74. The van der Waals surface area contributed by atoms with E-state index in [9.17, 15) is 18.3 Å². The van der Waals surface area contributed by atoms with Crippen LogP contribution in [0, 0.1) is 13.8 Å². The molecule has 196 valence electrons. The van der Waals surface area contributed by atoms with Crippen LogP contribution in [0.3, 0.4) is 0 Å². The molecule has 0 aromatic heterocycles. The summed E-state index contributed by atoms with van der Waals surface area (Å²) in [6.45, 7) is 4.33. The molecule has 3 aromatic carbocycles. The standard InChI is InChI=1S/C27H32N4O5S/c1-17-8-9-19(22(15-26(32)33)21-10-11-23(30(3)29)27(28)18(21)2)14-20(17)16-31-12-13-36-24-6-4-5-7-25(24)37(31,34)35/h4-11,14,22H,12-13,15-16,28-29H2,1-3H3,(H,32,33). The fraction of sp³-hybridized carbons (Fsp3) is 0.296. The lowest BCUT2D eigenvalue weighted by atomic mass is 9.84. The molecular weight excluding hydrogens is 492 g/mol. The van der Waals surface area contributed by atoms with Gasteiger partial charge in [-0.05, 0) is 59.9 Å². The van der Waals surface area contributed by atoms with Crippen LogP contribution in [0.1, 0.15) is 40.2 Å². The van der Waals surface area contributed by atoms with Crippen LogP contribution in [0.4, 0.5) is 11.4 Å². The molecule has 0 bridgehead atoms. The number of sulfonamides is 1. The molecule has 0 fully saturated rings. The van der Waals surface area contributed by atoms with Crippen molar-refractivity contribution in [2.45, 2.75) is 37.6 Å². The zero-order chi connectivity index (χ0) is 26.9. The van der Waals surface area contributed by atoms with E-state index in [4.69, 9.17) is 16.3 Å². The number of hydrazine groups is 1. The summed E-state index contributed by atoms with van der Waals surface area (Å²) in [7, 11) is -2.10. The lowest BCUT2D eigenvalue weighted by Crippen LogP contribution is -2.32. The summed E-state index contributed by atoms with van der Waals surface area (Å²) in [6.07, 6.45) is -0.149. The van der Waals surface area contributed by atoms with Gasteiger partial charge in [-0.2, -0.15) is 4.31 Å². The highest BCUT2D eigenvalue weighted by Gasteiger charge is 2.31. The third-order valence-corrected chi connectivity index (χ3v) is 8.74. The Labute approximate surface area is 217 Å². The van der Waals surface area contributed by atoms with Crippen molar-refractivity contribution in [3.63, 3.8) is 0 Å². The van der Waals surface area contributed by atoms with Gasteiger partial charge in [0.25, 0.3) is 0 Å². The maximum Gasteiger partial charge on any atom is 0.304 e. The van der Waals surface area contributed by atoms with Gasteiger partial charge < -0.3 is 20.6 Å². The summed E-state index contributed by atoms with van der Waals surface area (Å²) in [6, 6.07) is 15.9.